The molecule has 0 aliphatic heterocycles. The van der Waals surface area contributed by atoms with Gasteiger partial charge in [-0.05, 0) is 47.6 Å². The van der Waals surface area contributed by atoms with Gasteiger partial charge in [0.15, 0.2) is 0 Å². The first-order valence-electron chi connectivity index (χ1n) is 6.13. The van der Waals surface area contributed by atoms with E-state index in [1.54, 1.807) is 41.5 Å². The van der Waals surface area contributed by atoms with Gasteiger partial charge in [0.05, 0.1) is 5.56 Å². The third-order valence-corrected chi connectivity index (χ3v) is 1.93. The van der Waals surface area contributed by atoms with Crippen molar-refractivity contribution in [1.82, 2.24) is 4.57 Å². The second kappa shape index (κ2) is 5.07. The van der Waals surface area contributed by atoms with Gasteiger partial charge < -0.3 is 9.47 Å². The first kappa shape index (κ1) is 15.3. The molecule has 0 bridgehead atoms. The maximum absolute atomic E-state index is 11.8. The molecule has 0 aliphatic carbocycles. The highest BCUT2D eigenvalue weighted by molar-refractivity contribution is 5.90. The number of carbonyl (C=O) groups is 2. The van der Waals surface area contributed by atoms with E-state index in [1.165, 1.54) is 23.0 Å². The molecule has 106 valence electrons. The number of rotatable bonds is 1. The molecule has 5 nitrogen and oxygen atoms in total. The molecule has 0 spiro atoms. The van der Waals surface area contributed by atoms with Crippen LogP contribution in [0.25, 0.3) is 0 Å². The Morgan fingerprint density at radius 2 is 1.53 bits per heavy atom. The molecular weight excluding hydrogens is 246 g/mol. The topological polar surface area (TPSA) is 57.5 Å². The first-order chi connectivity index (χ1) is 8.48. The highest BCUT2D eigenvalue weighted by atomic mass is 16.6. The predicted octanol–water partition coefficient (Wildman–Crippen LogP) is 3.23. The highest BCUT2D eigenvalue weighted by Gasteiger charge is 2.21. The zero-order valence-corrected chi connectivity index (χ0v) is 12.3. The van der Waals surface area contributed by atoms with Crippen molar-refractivity contribution in [3.05, 3.63) is 24.0 Å². The van der Waals surface area contributed by atoms with Crippen molar-refractivity contribution in [2.75, 3.05) is 0 Å². The van der Waals surface area contributed by atoms with Crippen molar-refractivity contribution >= 4 is 12.1 Å². The normalized spacial score (nSPS) is 12.1. The molecule has 0 atom stereocenters. The Hall–Kier alpha value is -1.78. The quantitative estimate of drug-likeness (QED) is 0.733. The molecule has 0 unspecified atom stereocenters. The summed E-state index contributed by atoms with van der Waals surface area (Å²) in [6, 6.07) is 1.53. The molecule has 5 heteroatoms. The second-order valence-corrected chi connectivity index (χ2v) is 6.29. The van der Waals surface area contributed by atoms with Crippen molar-refractivity contribution in [2.24, 2.45) is 0 Å². The maximum Gasteiger partial charge on any atom is 0.418 e. The van der Waals surface area contributed by atoms with E-state index in [0.29, 0.717) is 5.56 Å². The number of nitrogens with zero attached hydrogens (tertiary/aromatic N) is 1. The molecule has 0 saturated carbocycles. The van der Waals surface area contributed by atoms with E-state index in [9.17, 15) is 9.59 Å². The largest absolute Gasteiger partial charge is 0.456 e. The van der Waals surface area contributed by atoms with E-state index < -0.39 is 23.3 Å². The average Bonchev–Trinajstić information content (AvgIpc) is 2.60. The molecule has 1 rings (SSSR count). The highest BCUT2D eigenvalue weighted by Crippen LogP contribution is 2.14. The molecule has 19 heavy (non-hydrogen) atoms. The summed E-state index contributed by atoms with van der Waals surface area (Å²) in [4.78, 5) is 23.6. The molecule has 0 fully saturated rings. The Morgan fingerprint density at radius 1 is 1.00 bits per heavy atom. The number of hydrogen-bond acceptors (Lipinski definition) is 4. The minimum Gasteiger partial charge on any atom is -0.456 e. The lowest BCUT2D eigenvalue weighted by molar-refractivity contribution is 0.00697. The summed E-state index contributed by atoms with van der Waals surface area (Å²) in [6.07, 6.45) is 2.36. The van der Waals surface area contributed by atoms with E-state index in [4.69, 9.17) is 9.47 Å². The van der Waals surface area contributed by atoms with Gasteiger partial charge >= 0.3 is 12.1 Å². The zero-order valence-electron chi connectivity index (χ0n) is 12.3. The van der Waals surface area contributed by atoms with Crippen LogP contribution in [0.3, 0.4) is 0 Å². The smallest absolute Gasteiger partial charge is 0.418 e. The Kier molecular flexibility index (Phi) is 4.08. The van der Waals surface area contributed by atoms with Crippen LogP contribution in [0, 0.1) is 0 Å². The third kappa shape index (κ3) is 5.16. The van der Waals surface area contributed by atoms with Crippen LogP contribution in [0.2, 0.25) is 0 Å². The van der Waals surface area contributed by atoms with Crippen molar-refractivity contribution in [3.8, 4) is 0 Å². The summed E-state index contributed by atoms with van der Waals surface area (Å²) < 4.78 is 11.6. The standard InChI is InChI=1S/C14H21NO4/c1-13(2,3)18-11(16)10-7-8-15(9-10)12(17)19-14(4,5)6/h7-9H,1-6H3. The fraction of sp³-hybridized carbons (Fsp3) is 0.571. The monoisotopic (exact) mass is 267 g/mol. The SMILES string of the molecule is CC(C)(C)OC(=O)c1ccn(C(=O)OC(C)(C)C)c1. The Morgan fingerprint density at radius 3 is 2.00 bits per heavy atom. The average molecular weight is 267 g/mol. The second-order valence-electron chi connectivity index (χ2n) is 6.29. The van der Waals surface area contributed by atoms with Crippen molar-refractivity contribution < 1.29 is 19.1 Å². The summed E-state index contributed by atoms with van der Waals surface area (Å²) in [6.45, 7) is 10.7. The summed E-state index contributed by atoms with van der Waals surface area (Å²) in [7, 11) is 0. The van der Waals surface area contributed by atoms with Gasteiger partial charge in [-0.3, -0.25) is 4.57 Å². The van der Waals surface area contributed by atoms with E-state index in [-0.39, 0.29) is 0 Å². The van der Waals surface area contributed by atoms with Gasteiger partial charge in [-0.1, -0.05) is 0 Å². The van der Waals surface area contributed by atoms with Gasteiger partial charge in [0.25, 0.3) is 0 Å². The van der Waals surface area contributed by atoms with E-state index >= 15 is 0 Å². The van der Waals surface area contributed by atoms with Crippen LogP contribution in [-0.4, -0.2) is 27.8 Å². The minimum atomic E-state index is -0.576. The molecule has 1 aromatic heterocycles. The molecule has 1 heterocycles. The minimum absolute atomic E-state index is 0.320. The van der Waals surface area contributed by atoms with Gasteiger partial charge in [0, 0.05) is 12.4 Å². The number of carbonyl (C=O) groups excluding carboxylic acids is 2. The third-order valence-electron chi connectivity index (χ3n) is 1.93. The molecule has 1 aromatic rings. The molecule has 0 radical (unpaired) electrons. The lowest BCUT2D eigenvalue weighted by Crippen LogP contribution is -2.26. The van der Waals surface area contributed by atoms with Crippen LogP contribution in [0.1, 0.15) is 51.9 Å². The van der Waals surface area contributed by atoms with Crippen LogP contribution in [0.4, 0.5) is 4.79 Å². The van der Waals surface area contributed by atoms with Crippen LogP contribution < -0.4 is 0 Å². The predicted molar refractivity (Wildman–Crippen MR) is 71.2 cm³/mol. The van der Waals surface area contributed by atoms with Crippen LogP contribution in [-0.2, 0) is 9.47 Å². The van der Waals surface area contributed by atoms with E-state index in [1.807, 2.05) is 0 Å². The van der Waals surface area contributed by atoms with Crippen LogP contribution in [0.15, 0.2) is 18.5 Å². The first-order valence-corrected chi connectivity index (χ1v) is 6.13. The summed E-state index contributed by atoms with van der Waals surface area (Å²) in [5.41, 5.74) is -0.820. The number of ether oxygens (including phenoxy) is 2. The number of hydrogen-bond donors (Lipinski definition) is 0. The lowest BCUT2D eigenvalue weighted by atomic mass is 10.2. The van der Waals surface area contributed by atoms with Crippen LogP contribution in [0.5, 0.6) is 0 Å². The molecule has 0 aliphatic rings. The van der Waals surface area contributed by atoms with Gasteiger partial charge in [0.1, 0.15) is 11.2 Å². The molecule has 0 N–H and O–H groups in total. The fourth-order valence-electron chi connectivity index (χ4n) is 1.28. The van der Waals surface area contributed by atoms with Crippen molar-refractivity contribution in [2.45, 2.75) is 52.7 Å². The molecule has 0 saturated heterocycles. The van der Waals surface area contributed by atoms with Crippen LogP contribution >= 0.6 is 0 Å². The van der Waals surface area contributed by atoms with E-state index in [2.05, 4.69) is 0 Å². The molecular formula is C14H21NO4. The van der Waals surface area contributed by atoms with Gasteiger partial charge in [-0.15, -0.1) is 0 Å². The molecule has 0 aromatic carbocycles. The summed E-state index contributed by atoms with van der Waals surface area (Å²) in [5, 5.41) is 0. The number of esters is 1. The number of aromatic nitrogens is 1. The zero-order chi connectivity index (χ0) is 14.8. The Balaban J connectivity index is 2.77. The maximum atomic E-state index is 11.8. The summed E-state index contributed by atoms with van der Waals surface area (Å²) >= 11 is 0. The van der Waals surface area contributed by atoms with Crippen molar-refractivity contribution in [1.29, 1.82) is 0 Å². The van der Waals surface area contributed by atoms with Crippen molar-refractivity contribution in [3.63, 3.8) is 0 Å². The Bertz CT molecular complexity index is 432. The van der Waals surface area contributed by atoms with Gasteiger partial charge in [0.2, 0.25) is 0 Å². The fourth-order valence-corrected chi connectivity index (χ4v) is 1.28. The Labute approximate surface area is 113 Å². The molecule has 0 amide bonds. The van der Waals surface area contributed by atoms with Gasteiger partial charge in [-0.25, -0.2) is 9.59 Å². The van der Waals surface area contributed by atoms with E-state index in [0.717, 1.165) is 0 Å². The van der Waals surface area contributed by atoms with Gasteiger partial charge in [-0.2, -0.15) is 0 Å². The lowest BCUT2D eigenvalue weighted by Gasteiger charge is -2.19. The summed E-state index contributed by atoms with van der Waals surface area (Å²) in [5.74, 6) is -0.463.